The molecule has 8 nitrogen and oxygen atoms in total. The van der Waals surface area contributed by atoms with Crippen molar-refractivity contribution in [2.45, 2.75) is 27.1 Å². The van der Waals surface area contributed by atoms with Crippen molar-refractivity contribution in [1.29, 1.82) is 0 Å². The highest BCUT2D eigenvalue weighted by atomic mass is 16.5. The number of anilines is 1. The fourth-order valence-corrected chi connectivity index (χ4v) is 2.76. The topological polar surface area (TPSA) is 77.2 Å². The lowest BCUT2D eigenvalue weighted by Gasteiger charge is -2.08. The normalized spacial score (nSPS) is 11.0. The first-order chi connectivity index (χ1) is 13.4. The van der Waals surface area contributed by atoms with E-state index in [1.165, 1.54) is 0 Å². The minimum atomic E-state index is -0.280. The van der Waals surface area contributed by atoms with Crippen LogP contribution in [0, 0.1) is 13.8 Å². The number of hydrogen-bond acceptors (Lipinski definition) is 5. The average molecular weight is 382 g/mol. The van der Waals surface area contributed by atoms with Crippen LogP contribution in [-0.4, -0.2) is 51.0 Å². The standard InChI is InChI=1S/C20H26N6O2/c1-15-9-16(2)11-18(10-15)28-14-26-6-5-19(23-26)20(27)22-17-12-21-25(13-17)8-7-24(3)4/h5-6,9-13H,7-8,14H2,1-4H3,(H,22,27). The van der Waals surface area contributed by atoms with E-state index in [-0.39, 0.29) is 12.6 Å². The number of aryl methyl sites for hydroxylation is 2. The Kier molecular flexibility index (Phi) is 6.10. The molecule has 2 aromatic heterocycles. The molecule has 0 atom stereocenters. The first-order valence-corrected chi connectivity index (χ1v) is 9.12. The van der Waals surface area contributed by atoms with Crippen LogP contribution in [0.25, 0.3) is 0 Å². The van der Waals surface area contributed by atoms with Gasteiger partial charge in [0, 0.05) is 18.9 Å². The smallest absolute Gasteiger partial charge is 0.276 e. The van der Waals surface area contributed by atoms with Crippen molar-refractivity contribution < 1.29 is 9.53 Å². The summed E-state index contributed by atoms with van der Waals surface area (Å²) in [6, 6.07) is 7.69. The van der Waals surface area contributed by atoms with Crippen LogP contribution >= 0.6 is 0 Å². The Bertz CT molecular complexity index is 924. The number of carbonyl (C=O) groups excluding carboxylic acids is 1. The van der Waals surface area contributed by atoms with E-state index < -0.39 is 0 Å². The van der Waals surface area contributed by atoms with Gasteiger partial charge in [-0.1, -0.05) is 6.07 Å². The van der Waals surface area contributed by atoms with Crippen LogP contribution < -0.4 is 10.1 Å². The van der Waals surface area contributed by atoms with Gasteiger partial charge < -0.3 is 15.0 Å². The van der Waals surface area contributed by atoms with Crippen LogP contribution in [0.4, 0.5) is 5.69 Å². The molecule has 3 aromatic rings. The lowest BCUT2D eigenvalue weighted by molar-refractivity contribution is 0.102. The number of benzene rings is 1. The maximum Gasteiger partial charge on any atom is 0.276 e. The van der Waals surface area contributed by atoms with Crippen LogP contribution in [0.3, 0.4) is 0 Å². The number of hydrogen-bond donors (Lipinski definition) is 1. The highest BCUT2D eigenvalue weighted by Gasteiger charge is 2.11. The lowest BCUT2D eigenvalue weighted by atomic mass is 10.1. The molecule has 0 radical (unpaired) electrons. The van der Waals surface area contributed by atoms with E-state index >= 15 is 0 Å². The molecule has 28 heavy (non-hydrogen) atoms. The Morgan fingerprint density at radius 3 is 2.64 bits per heavy atom. The number of amides is 1. The first kappa shape index (κ1) is 19.6. The molecule has 0 aliphatic carbocycles. The predicted molar refractivity (Wildman–Crippen MR) is 108 cm³/mol. The van der Waals surface area contributed by atoms with Gasteiger partial charge >= 0.3 is 0 Å². The van der Waals surface area contributed by atoms with E-state index in [4.69, 9.17) is 4.74 Å². The monoisotopic (exact) mass is 382 g/mol. The van der Waals surface area contributed by atoms with Crippen molar-refractivity contribution >= 4 is 11.6 Å². The molecule has 3 rings (SSSR count). The molecule has 0 spiro atoms. The van der Waals surface area contributed by atoms with Crippen LogP contribution in [0.15, 0.2) is 42.9 Å². The van der Waals surface area contributed by atoms with Gasteiger partial charge in [0.15, 0.2) is 12.4 Å². The summed E-state index contributed by atoms with van der Waals surface area (Å²) in [7, 11) is 4.01. The van der Waals surface area contributed by atoms with Gasteiger partial charge in [0.25, 0.3) is 5.91 Å². The van der Waals surface area contributed by atoms with Gasteiger partial charge in [0.2, 0.25) is 0 Å². The molecule has 0 unspecified atom stereocenters. The van der Waals surface area contributed by atoms with E-state index in [1.807, 2.05) is 46.3 Å². The summed E-state index contributed by atoms with van der Waals surface area (Å²) in [5.41, 5.74) is 3.25. The molecule has 2 heterocycles. The number of rotatable bonds is 8. The third-order valence-corrected chi connectivity index (χ3v) is 4.10. The quantitative estimate of drug-likeness (QED) is 0.648. The van der Waals surface area contributed by atoms with E-state index in [0.717, 1.165) is 30.0 Å². The number of nitrogens with one attached hydrogen (secondary N) is 1. The van der Waals surface area contributed by atoms with Gasteiger partial charge in [-0.3, -0.25) is 9.48 Å². The van der Waals surface area contributed by atoms with Gasteiger partial charge in [-0.05, 0) is 57.3 Å². The summed E-state index contributed by atoms with van der Waals surface area (Å²) in [4.78, 5) is 14.5. The molecular weight excluding hydrogens is 356 g/mol. The molecule has 8 heteroatoms. The van der Waals surface area contributed by atoms with Gasteiger partial charge in [-0.2, -0.15) is 10.2 Å². The molecular formula is C20H26N6O2. The average Bonchev–Trinajstić information content (AvgIpc) is 3.27. The zero-order valence-electron chi connectivity index (χ0n) is 16.7. The summed E-state index contributed by atoms with van der Waals surface area (Å²) in [5, 5.41) is 11.3. The van der Waals surface area contributed by atoms with Crippen LogP contribution in [-0.2, 0) is 13.3 Å². The van der Waals surface area contributed by atoms with Crippen LogP contribution in [0.2, 0.25) is 0 Å². The molecule has 148 valence electrons. The Morgan fingerprint density at radius 2 is 1.93 bits per heavy atom. The molecule has 0 saturated carbocycles. The molecule has 0 bridgehead atoms. The number of ether oxygens (including phenoxy) is 1. The summed E-state index contributed by atoms with van der Waals surface area (Å²) < 4.78 is 9.15. The van der Waals surface area contributed by atoms with Gasteiger partial charge in [0.05, 0.1) is 18.4 Å². The minimum Gasteiger partial charge on any atom is -0.471 e. The summed E-state index contributed by atoms with van der Waals surface area (Å²) in [6.45, 7) is 5.92. The molecule has 1 amide bonds. The van der Waals surface area contributed by atoms with Gasteiger partial charge in [0.1, 0.15) is 5.75 Å². The van der Waals surface area contributed by atoms with Crippen LogP contribution in [0.5, 0.6) is 5.75 Å². The summed E-state index contributed by atoms with van der Waals surface area (Å²) in [5.74, 6) is 0.501. The predicted octanol–water partition coefficient (Wildman–Crippen LogP) is 2.55. The third-order valence-electron chi connectivity index (χ3n) is 4.10. The van der Waals surface area contributed by atoms with Crippen molar-refractivity contribution in [2.75, 3.05) is 26.0 Å². The maximum atomic E-state index is 12.4. The van der Waals surface area contributed by atoms with Crippen molar-refractivity contribution in [1.82, 2.24) is 24.5 Å². The highest BCUT2D eigenvalue weighted by Crippen LogP contribution is 2.16. The second-order valence-corrected chi connectivity index (χ2v) is 7.09. The van der Waals surface area contributed by atoms with Crippen LogP contribution in [0.1, 0.15) is 21.6 Å². The Morgan fingerprint density at radius 1 is 1.18 bits per heavy atom. The Balaban J connectivity index is 1.55. The maximum absolute atomic E-state index is 12.4. The second kappa shape index (κ2) is 8.71. The fourth-order valence-electron chi connectivity index (χ4n) is 2.76. The third kappa shape index (κ3) is 5.43. The van der Waals surface area contributed by atoms with E-state index in [0.29, 0.717) is 11.4 Å². The van der Waals surface area contributed by atoms with Gasteiger partial charge in [-0.25, -0.2) is 4.68 Å². The van der Waals surface area contributed by atoms with Gasteiger partial charge in [-0.15, -0.1) is 0 Å². The zero-order valence-corrected chi connectivity index (χ0v) is 16.7. The number of nitrogens with zero attached hydrogens (tertiary/aromatic N) is 5. The molecule has 0 aliphatic rings. The fraction of sp³-hybridized carbons (Fsp3) is 0.350. The number of carbonyl (C=O) groups is 1. The largest absolute Gasteiger partial charge is 0.471 e. The van der Waals surface area contributed by atoms with Crippen molar-refractivity contribution in [2.24, 2.45) is 0 Å². The number of likely N-dealkylation sites (N-methyl/N-ethyl adjacent to an activating group) is 1. The molecule has 0 saturated heterocycles. The first-order valence-electron chi connectivity index (χ1n) is 9.12. The Hall–Kier alpha value is -3.13. The molecule has 0 aliphatic heterocycles. The van der Waals surface area contributed by atoms with E-state index in [1.54, 1.807) is 27.8 Å². The number of aromatic nitrogens is 4. The molecule has 1 N–H and O–H groups in total. The Labute approximate surface area is 164 Å². The summed E-state index contributed by atoms with van der Waals surface area (Å²) >= 11 is 0. The second-order valence-electron chi connectivity index (χ2n) is 7.09. The SMILES string of the molecule is Cc1cc(C)cc(OCn2ccc(C(=O)Nc3cnn(CCN(C)C)c3)n2)c1. The molecule has 1 aromatic carbocycles. The lowest BCUT2D eigenvalue weighted by Crippen LogP contribution is -2.18. The minimum absolute atomic E-state index is 0.235. The molecule has 0 fully saturated rings. The zero-order chi connectivity index (χ0) is 20.1. The van der Waals surface area contributed by atoms with Crippen molar-refractivity contribution in [3.8, 4) is 5.75 Å². The van der Waals surface area contributed by atoms with E-state index in [2.05, 4.69) is 26.5 Å². The van der Waals surface area contributed by atoms with Crippen molar-refractivity contribution in [3.05, 3.63) is 59.7 Å². The van der Waals surface area contributed by atoms with E-state index in [9.17, 15) is 4.79 Å². The summed E-state index contributed by atoms with van der Waals surface area (Å²) in [6.07, 6.45) is 5.16. The van der Waals surface area contributed by atoms with Crippen molar-refractivity contribution in [3.63, 3.8) is 0 Å². The highest BCUT2D eigenvalue weighted by molar-refractivity contribution is 6.02.